The number of rotatable bonds is 5. The number of hydrogen-bond acceptors (Lipinski definition) is 4. The molecule has 6 heteroatoms. The van der Waals surface area contributed by atoms with Crippen LogP contribution in [0.3, 0.4) is 0 Å². The Balaban J connectivity index is 3.35. The Labute approximate surface area is 121 Å². The number of carbonyl (C=O) groups excluding carboxylic acids is 1. The molecule has 18 heavy (non-hydrogen) atoms. The number of carbonyl (C=O) groups is 1. The quantitative estimate of drug-likeness (QED) is 0.607. The van der Waals surface area contributed by atoms with Gasteiger partial charge in [0, 0.05) is 0 Å². The van der Waals surface area contributed by atoms with Gasteiger partial charge < -0.3 is 4.74 Å². The normalized spacial score (nSPS) is 12.6. The molecule has 0 heterocycles. The van der Waals surface area contributed by atoms with Gasteiger partial charge in [0.05, 0.1) is 12.0 Å². The van der Waals surface area contributed by atoms with Crippen molar-refractivity contribution in [3.8, 4) is 0 Å². The van der Waals surface area contributed by atoms with Crippen molar-refractivity contribution in [2.75, 3.05) is 6.61 Å². The van der Waals surface area contributed by atoms with Crippen molar-refractivity contribution in [2.24, 2.45) is 0 Å². The van der Waals surface area contributed by atoms with E-state index in [4.69, 9.17) is 28.4 Å². The highest BCUT2D eigenvalue weighted by Crippen LogP contribution is 2.25. The summed E-state index contributed by atoms with van der Waals surface area (Å²) in [6.07, 6.45) is 0. The highest BCUT2D eigenvalue weighted by molar-refractivity contribution is 8.02. The van der Waals surface area contributed by atoms with Crippen molar-refractivity contribution in [1.29, 1.82) is 0 Å². The van der Waals surface area contributed by atoms with Crippen LogP contribution in [0.15, 0.2) is 18.2 Å². The lowest BCUT2D eigenvalue weighted by molar-refractivity contribution is -0.148. The Morgan fingerprint density at radius 3 is 2.50 bits per heavy atom. The number of benzene rings is 1. The summed E-state index contributed by atoms with van der Waals surface area (Å²) in [5.74, 6) is -0.203. The average Bonchev–Trinajstić information content (AvgIpc) is 2.37. The molecular weight excluding hydrogens is 302 g/mol. The molecule has 0 bridgehead atoms. The van der Waals surface area contributed by atoms with Crippen LogP contribution in [-0.2, 0) is 38.6 Å². The second-order valence-electron chi connectivity index (χ2n) is 4.39. The van der Waals surface area contributed by atoms with Gasteiger partial charge in [0.1, 0.15) is 0 Å². The van der Waals surface area contributed by atoms with Gasteiger partial charge >= 0.3 is 5.97 Å². The summed E-state index contributed by atoms with van der Waals surface area (Å²) in [4.78, 5) is 12.1. The second kappa shape index (κ2) is 6.96. The molecular formula is C12H18O2P2S2. The molecule has 0 aromatic heterocycles. The molecule has 0 saturated heterocycles. The first-order valence-electron chi connectivity index (χ1n) is 5.70. The minimum absolute atomic E-state index is 0.194. The van der Waals surface area contributed by atoms with Crippen molar-refractivity contribution in [3.05, 3.63) is 23.8 Å². The van der Waals surface area contributed by atoms with Gasteiger partial charge in [0.25, 0.3) is 0 Å². The summed E-state index contributed by atoms with van der Waals surface area (Å²) in [7, 11) is -0.464. The van der Waals surface area contributed by atoms with Crippen molar-refractivity contribution in [1.82, 2.24) is 0 Å². The summed E-state index contributed by atoms with van der Waals surface area (Å²) in [5.41, 5.74) is 0.331. The zero-order chi connectivity index (χ0) is 13.8. The predicted molar refractivity (Wildman–Crippen MR) is 89.5 cm³/mol. The lowest BCUT2D eigenvalue weighted by Gasteiger charge is -2.25. The van der Waals surface area contributed by atoms with Crippen LogP contribution >= 0.6 is 14.7 Å². The third-order valence-electron chi connectivity index (χ3n) is 2.84. The van der Waals surface area contributed by atoms with Gasteiger partial charge in [-0.05, 0) is 51.7 Å². The monoisotopic (exact) mass is 320 g/mol. The highest BCUT2D eigenvalue weighted by Gasteiger charge is 2.33. The molecule has 0 aliphatic heterocycles. The molecule has 1 aromatic rings. The van der Waals surface area contributed by atoms with Crippen LogP contribution in [0.2, 0.25) is 0 Å². The van der Waals surface area contributed by atoms with Gasteiger partial charge in [-0.3, -0.25) is 4.79 Å². The van der Waals surface area contributed by atoms with Crippen LogP contribution in [-0.4, -0.2) is 12.6 Å². The van der Waals surface area contributed by atoms with Gasteiger partial charge in [-0.25, -0.2) is 0 Å². The van der Waals surface area contributed by atoms with E-state index in [1.54, 1.807) is 0 Å². The molecule has 0 N–H and O–H groups in total. The Morgan fingerprint density at radius 2 is 2.00 bits per heavy atom. The maximum Gasteiger partial charge on any atom is 0.315 e. The summed E-state index contributed by atoms with van der Waals surface area (Å²) < 4.78 is 5.15. The molecule has 0 aliphatic rings. The Bertz CT molecular complexity index is 487. The highest BCUT2D eigenvalue weighted by atomic mass is 32.4. The molecule has 1 rings (SSSR count). The Hall–Kier alpha value is -0.0100. The molecule has 1 aromatic carbocycles. The lowest BCUT2D eigenvalue weighted by atomic mass is 9.84. The fourth-order valence-electron chi connectivity index (χ4n) is 1.78. The van der Waals surface area contributed by atoms with E-state index in [1.807, 2.05) is 39.0 Å². The Kier molecular flexibility index (Phi) is 6.20. The molecule has 2 nitrogen and oxygen atoms in total. The molecule has 100 valence electrons. The standard InChI is InChI=1S/C12H18O2P2S2/c1-4-14-11(13)12(2,3)8-6-5-7-9(15-17)10(8)16-18/h5-7H,4,15-16H2,1-3H3. The van der Waals surface area contributed by atoms with E-state index < -0.39 is 5.41 Å². The molecule has 2 unspecified atom stereocenters. The van der Waals surface area contributed by atoms with E-state index in [1.165, 1.54) is 0 Å². The first-order valence-corrected chi connectivity index (χ1v) is 10.6. The van der Waals surface area contributed by atoms with E-state index in [-0.39, 0.29) is 20.7 Å². The molecule has 2 atom stereocenters. The summed E-state index contributed by atoms with van der Waals surface area (Å²) >= 11 is 10.5. The maximum absolute atomic E-state index is 12.1. The zero-order valence-corrected chi connectivity index (χ0v) is 14.7. The molecule has 0 radical (unpaired) electrons. The van der Waals surface area contributed by atoms with Crippen molar-refractivity contribution < 1.29 is 9.53 Å². The summed E-state index contributed by atoms with van der Waals surface area (Å²) in [6, 6.07) is 5.96. The summed E-state index contributed by atoms with van der Waals surface area (Å²) in [5, 5.41) is 2.28. The first-order chi connectivity index (χ1) is 8.48. The topological polar surface area (TPSA) is 26.3 Å². The van der Waals surface area contributed by atoms with Crippen LogP contribution in [0.25, 0.3) is 0 Å². The van der Waals surface area contributed by atoms with E-state index >= 15 is 0 Å². The van der Waals surface area contributed by atoms with Crippen LogP contribution in [0.1, 0.15) is 26.3 Å². The number of ether oxygens (including phenoxy) is 1. The smallest absolute Gasteiger partial charge is 0.315 e. The number of esters is 1. The Morgan fingerprint density at radius 1 is 1.33 bits per heavy atom. The predicted octanol–water partition coefficient (Wildman–Crippen LogP) is 1.52. The minimum atomic E-state index is -0.656. The average molecular weight is 320 g/mol. The van der Waals surface area contributed by atoms with E-state index in [2.05, 4.69) is 0 Å². The first kappa shape index (κ1) is 16.0. The third-order valence-corrected chi connectivity index (χ3v) is 6.28. The van der Waals surface area contributed by atoms with Crippen LogP contribution in [0, 0.1) is 0 Å². The van der Waals surface area contributed by atoms with Gasteiger partial charge in [-0.15, -0.1) is 0 Å². The maximum atomic E-state index is 12.1. The van der Waals surface area contributed by atoms with Crippen LogP contribution in [0.4, 0.5) is 0 Å². The molecule has 0 spiro atoms. The largest absolute Gasteiger partial charge is 0.465 e. The molecule has 0 saturated carbocycles. The van der Waals surface area contributed by atoms with E-state index in [0.717, 1.165) is 16.2 Å². The van der Waals surface area contributed by atoms with Crippen LogP contribution < -0.4 is 10.6 Å². The summed E-state index contributed by atoms with van der Waals surface area (Å²) in [6.45, 7) is 5.98. The minimum Gasteiger partial charge on any atom is -0.465 e. The van der Waals surface area contributed by atoms with Crippen LogP contribution in [0.5, 0.6) is 0 Å². The molecule has 0 aliphatic carbocycles. The van der Waals surface area contributed by atoms with E-state index in [9.17, 15) is 4.79 Å². The van der Waals surface area contributed by atoms with Gasteiger partial charge in [0.15, 0.2) is 0 Å². The SMILES string of the molecule is CCOC(=O)C(C)(C)c1cccc([PH2]=S)c1[PH2]=S. The third kappa shape index (κ3) is 3.30. The number of hydrogen-bond donors (Lipinski definition) is 0. The van der Waals surface area contributed by atoms with Gasteiger partial charge in [0.2, 0.25) is 0 Å². The van der Waals surface area contributed by atoms with Crippen molar-refractivity contribution in [3.63, 3.8) is 0 Å². The molecule has 0 amide bonds. The second-order valence-corrected chi connectivity index (χ2v) is 7.47. The lowest BCUT2D eigenvalue weighted by Crippen LogP contribution is -2.36. The zero-order valence-electron chi connectivity index (χ0n) is 10.7. The van der Waals surface area contributed by atoms with Gasteiger partial charge in [-0.1, -0.05) is 41.8 Å². The van der Waals surface area contributed by atoms with E-state index in [0.29, 0.717) is 6.61 Å². The van der Waals surface area contributed by atoms with Crippen molar-refractivity contribution in [2.45, 2.75) is 26.2 Å². The van der Waals surface area contributed by atoms with Gasteiger partial charge in [-0.2, -0.15) is 0 Å². The van der Waals surface area contributed by atoms with Crippen molar-refractivity contribution >= 4 is 54.9 Å². The fourth-order valence-corrected chi connectivity index (χ4v) is 5.70. The fraction of sp³-hybridized carbons (Fsp3) is 0.417. The molecule has 0 fully saturated rings.